The van der Waals surface area contributed by atoms with E-state index in [1.807, 2.05) is 44.2 Å². The van der Waals surface area contributed by atoms with Crippen LogP contribution in [0.4, 0.5) is 16.2 Å². The molecule has 132 valence electrons. The first-order chi connectivity index (χ1) is 12.0. The van der Waals surface area contributed by atoms with Gasteiger partial charge in [-0.2, -0.15) is 0 Å². The van der Waals surface area contributed by atoms with Crippen molar-refractivity contribution in [2.75, 3.05) is 17.2 Å². The summed E-state index contributed by atoms with van der Waals surface area (Å²) in [5.41, 5.74) is 2.31. The van der Waals surface area contributed by atoms with E-state index in [0.717, 1.165) is 5.56 Å². The highest BCUT2D eigenvalue weighted by molar-refractivity contribution is 5.93. The molecule has 2 aromatic rings. The molecule has 3 N–H and O–H groups in total. The van der Waals surface area contributed by atoms with E-state index in [0.29, 0.717) is 18.0 Å². The van der Waals surface area contributed by atoms with Crippen molar-refractivity contribution in [2.24, 2.45) is 0 Å². The Hall–Kier alpha value is -2.86. The second-order valence-electron chi connectivity index (χ2n) is 5.86. The van der Waals surface area contributed by atoms with E-state index in [2.05, 4.69) is 16.0 Å². The van der Waals surface area contributed by atoms with E-state index in [1.165, 1.54) is 0 Å². The van der Waals surface area contributed by atoms with Crippen molar-refractivity contribution in [1.29, 1.82) is 0 Å². The lowest BCUT2D eigenvalue weighted by atomic mass is 10.2. The average molecular weight is 341 g/mol. The maximum atomic E-state index is 11.9. The zero-order chi connectivity index (χ0) is 18.1. The number of urea groups is 1. The van der Waals surface area contributed by atoms with Gasteiger partial charge in [0.05, 0.1) is 6.61 Å². The summed E-state index contributed by atoms with van der Waals surface area (Å²) in [5, 5.41) is 8.21. The number of hydrogen-bond acceptors (Lipinski definition) is 3. The van der Waals surface area contributed by atoms with Crippen LogP contribution in [0.2, 0.25) is 0 Å². The van der Waals surface area contributed by atoms with Crippen LogP contribution in [0.5, 0.6) is 0 Å². The molecule has 0 aliphatic rings. The highest BCUT2D eigenvalue weighted by Crippen LogP contribution is 2.13. The van der Waals surface area contributed by atoms with Gasteiger partial charge in [0.15, 0.2) is 0 Å². The summed E-state index contributed by atoms with van der Waals surface area (Å²) in [5.74, 6) is -0.228. The molecule has 0 saturated carbocycles. The van der Waals surface area contributed by atoms with Gasteiger partial charge in [0.1, 0.15) is 6.61 Å². The summed E-state index contributed by atoms with van der Waals surface area (Å²) in [7, 11) is 0. The smallest absolute Gasteiger partial charge is 0.319 e. The number of amides is 3. The molecule has 0 aliphatic heterocycles. The van der Waals surface area contributed by atoms with Gasteiger partial charge in [0.25, 0.3) is 0 Å². The number of nitrogens with one attached hydrogen (secondary N) is 3. The standard InChI is InChI=1S/C19H23N3O3/c1-14(2)20-19(24)22-17-10-8-16(9-11-17)21-18(23)13-25-12-15-6-4-3-5-7-15/h3-11,14H,12-13H2,1-2H3,(H,21,23)(H2,20,22,24). The molecule has 0 heterocycles. The third-order valence-electron chi connectivity index (χ3n) is 3.19. The van der Waals surface area contributed by atoms with Crippen molar-refractivity contribution in [3.8, 4) is 0 Å². The molecular formula is C19H23N3O3. The van der Waals surface area contributed by atoms with Gasteiger partial charge in [0.2, 0.25) is 5.91 Å². The number of hydrogen-bond donors (Lipinski definition) is 3. The van der Waals surface area contributed by atoms with Gasteiger partial charge in [0, 0.05) is 17.4 Å². The number of carbonyl (C=O) groups excluding carboxylic acids is 2. The van der Waals surface area contributed by atoms with Crippen LogP contribution < -0.4 is 16.0 Å². The van der Waals surface area contributed by atoms with Crippen molar-refractivity contribution in [3.63, 3.8) is 0 Å². The second kappa shape index (κ2) is 9.44. The zero-order valence-corrected chi connectivity index (χ0v) is 14.4. The molecule has 0 spiro atoms. The molecular weight excluding hydrogens is 318 g/mol. The van der Waals surface area contributed by atoms with Crippen LogP contribution >= 0.6 is 0 Å². The lowest BCUT2D eigenvalue weighted by Crippen LogP contribution is -2.34. The average Bonchev–Trinajstić information content (AvgIpc) is 2.57. The van der Waals surface area contributed by atoms with E-state index >= 15 is 0 Å². The van der Waals surface area contributed by atoms with Crippen LogP contribution in [-0.2, 0) is 16.1 Å². The van der Waals surface area contributed by atoms with E-state index in [1.54, 1.807) is 24.3 Å². The Balaban J connectivity index is 1.74. The molecule has 0 unspecified atom stereocenters. The first-order valence-corrected chi connectivity index (χ1v) is 8.12. The molecule has 0 atom stereocenters. The fourth-order valence-corrected chi connectivity index (χ4v) is 2.10. The lowest BCUT2D eigenvalue weighted by molar-refractivity contribution is -0.121. The van der Waals surface area contributed by atoms with Gasteiger partial charge in [-0.25, -0.2) is 4.79 Å². The predicted molar refractivity (Wildman–Crippen MR) is 98.5 cm³/mol. The third kappa shape index (κ3) is 7.05. The van der Waals surface area contributed by atoms with Gasteiger partial charge in [-0.05, 0) is 43.7 Å². The van der Waals surface area contributed by atoms with Crippen molar-refractivity contribution < 1.29 is 14.3 Å². The van der Waals surface area contributed by atoms with E-state index in [4.69, 9.17) is 4.74 Å². The minimum Gasteiger partial charge on any atom is -0.367 e. The Labute approximate surface area is 147 Å². The van der Waals surface area contributed by atoms with Crippen LogP contribution in [-0.4, -0.2) is 24.6 Å². The van der Waals surface area contributed by atoms with Crippen molar-refractivity contribution in [1.82, 2.24) is 5.32 Å². The Morgan fingerprint density at radius 3 is 2.12 bits per heavy atom. The maximum Gasteiger partial charge on any atom is 0.319 e. The highest BCUT2D eigenvalue weighted by Gasteiger charge is 2.05. The quantitative estimate of drug-likeness (QED) is 0.722. The van der Waals surface area contributed by atoms with Gasteiger partial charge >= 0.3 is 6.03 Å². The zero-order valence-electron chi connectivity index (χ0n) is 14.4. The van der Waals surface area contributed by atoms with Crippen molar-refractivity contribution in [3.05, 3.63) is 60.2 Å². The molecule has 0 fully saturated rings. The number of rotatable bonds is 7. The van der Waals surface area contributed by atoms with E-state index in [9.17, 15) is 9.59 Å². The van der Waals surface area contributed by atoms with E-state index in [-0.39, 0.29) is 24.6 Å². The maximum absolute atomic E-state index is 11.9. The summed E-state index contributed by atoms with van der Waals surface area (Å²) < 4.78 is 5.39. The van der Waals surface area contributed by atoms with Crippen LogP contribution in [0.25, 0.3) is 0 Å². The summed E-state index contributed by atoms with van der Waals surface area (Å²) in [6.45, 7) is 4.14. The molecule has 2 aromatic carbocycles. The monoisotopic (exact) mass is 341 g/mol. The third-order valence-corrected chi connectivity index (χ3v) is 3.19. The lowest BCUT2D eigenvalue weighted by Gasteiger charge is -2.11. The van der Waals surface area contributed by atoms with Gasteiger partial charge in [-0.15, -0.1) is 0 Å². The molecule has 0 aromatic heterocycles. The summed E-state index contributed by atoms with van der Waals surface area (Å²) in [6, 6.07) is 16.4. The van der Waals surface area contributed by atoms with Crippen LogP contribution in [0, 0.1) is 0 Å². The largest absolute Gasteiger partial charge is 0.367 e. The molecule has 6 nitrogen and oxygen atoms in total. The number of ether oxygens (including phenoxy) is 1. The van der Waals surface area contributed by atoms with Gasteiger partial charge in [-0.3, -0.25) is 4.79 Å². The number of anilines is 2. The fourth-order valence-electron chi connectivity index (χ4n) is 2.10. The summed E-state index contributed by atoms with van der Waals surface area (Å²) in [4.78, 5) is 23.5. The van der Waals surface area contributed by atoms with Gasteiger partial charge in [-0.1, -0.05) is 30.3 Å². The normalized spacial score (nSPS) is 10.4. The molecule has 6 heteroatoms. The molecule has 3 amide bonds. The first-order valence-electron chi connectivity index (χ1n) is 8.12. The number of carbonyl (C=O) groups is 2. The SMILES string of the molecule is CC(C)NC(=O)Nc1ccc(NC(=O)COCc2ccccc2)cc1. The first kappa shape index (κ1) is 18.5. The molecule has 0 aliphatic carbocycles. The topological polar surface area (TPSA) is 79.5 Å². The van der Waals surface area contributed by atoms with Crippen molar-refractivity contribution in [2.45, 2.75) is 26.5 Å². The second-order valence-corrected chi connectivity index (χ2v) is 5.86. The fraction of sp³-hybridized carbons (Fsp3) is 0.263. The van der Waals surface area contributed by atoms with E-state index < -0.39 is 0 Å². The minimum atomic E-state index is -0.263. The van der Waals surface area contributed by atoms with Crippen LogP contribution in [0.3, 0.4) is 0 Å². The Morgan fingerprint density at radius 1 is 0.920 bits per heavy atom. The minimum absolute atomic E-state index is 0.0221. The molecule has 25 heavy (non-hydrogen) atoms. The Bertz CT molecular complexity index is 685. The van der Waals surface area contributed by atoms with Crippen LogP contribution in [0.15, 0.2) is 54.6 Å². The molecule has 0 radical (unpaired) electrons. The van der Waals surface area contributed by atoms with Crippen molar-refractivity contribution >= 4 is 23.3 Å². The molecule has 0 bridgehead atoms. The Morgan fingerprint density at radius 2 is 1.52 bits per heavy atom. The predicted octanol–water partition coefficient (Wildman–Crippen LogP) is 3.37. The van der Waals surface area contributed by atoms with Gasteiger partial charge < -0.3 is 20.7 Å². The summed E-state index contributed by atoms with van der Waals surface area (Å²) >= 11 is 0. The summed E-state index contributed by atoms with van der Waals surface area (Å²) in [6.07, 6.45) is 0. The Kier molecular flexibility index (Phi) is 6.98. The molecule has 0 saturated heterocycles. The molecule has 2 rings (SSSR count). The van der Waals surface area contributed by atoms with Crippen LogP contribution in [0.1, 0.15) is 19.4 Å². The number of benzene rings is 2. The highest BCUT2D eigenvalue weighted by atomic mass is 16.5.